The number of nitrogens with zero attached hydrogens (tertiary/aromatic N) is 3. The van der Waals surface area contributed by atoms with E-state index in [1.807, 2.05) is 30.3 Å². The minimum absolute atomic E-state index is 0.00176. The average molecular weight is 516 g/mol. The zero-order chi connectivity index (χ0) is 25.7. The van der Waals surface area contributed by atoms with Crippen LogP contribution in [-0.2, 0) is 13.1 Å². The third-order valence-corrected chi connectivity index (χ3v) is 5.80. The molecule has 2 amide bonds. The summed E-state index contributed by atoms with van der Waals surface area (Å²) in [4.78, 5) is 29.3. The predicted molar refractivity (Wildman–Crippen MR) is 129 cm³/mol. The van der Waals surface area contributed by atoms with Crippen molar-refractivity contribution in [2.75, 3.05) is 5.32 Å². The van der Waals surface area contributed by atoms with E-state index in [1.54, 1.807) is 6.07 Å². The Morgan fingerprint density at radius 3 is 2.47 bits per heavy atom. The van der Waals surface area contributed by atoms with Gasteiger partial charge in [0.15, 0.2) is 0 Å². The van der Waals surface area contributed by atoms with Crippen LogP contribution < -0.4 is 16.3 Å². The summed E-state index contributed by atoms with van der Waals surface area (Å²) in [6, 6.07) is 15.6. The Hall–Kier alpha value is -4.19. The second-order valence-electron chi connectivity index (χ2n) is 7.60. The number of benzene rings is 2. The largest absolute Gasteiger partial charge is 0.493 e. The molecule has 12 heteroatoms. The fraction of sp³-hybridized carbons (Fsp3) is 0.125. The van der Waals surface area contributed by atoms with Gasteiger partial charge in [0, 0.05) is 17.6 Å². The van der Waals surface area contributed by atoms with Crippen molar-refractivity contribution in [3.8, 4) is 11.6 Å². The summed E-state index contributed by atoms with van der Waals surface area (Å²) in [5, 5.41) is 15.8. The molecule has 0 saturated carbocycles. The fourth-order valence-electron chi connectivity index (χ4n) is 3.43. The Kier molecular flexibility index (Phi) is 7.34. The highest BCUT2D eigenvalue weighted by atomic mass is 32.2. The van der Waals surface area contributed by atoms with Crippen molar-refractivity contribution in [3.05, 3.63) is 101 Å². The van der Waals surface area contributed by atoms with Crippen LogP contribution in [0.5, 0.6) is 5.88 Å². The van der Waals surface area contributed by atoms with Crippen LogP contribution in [0.2, 0.25) is 0 Å². The molecule has 0 atom stereocenters. The molecule has 4 rings (SSSR count). The van der Waals surface area contributed by atoms with Crippen LogP contribution in [0.3, 0.4) is 0 Å². The highest BCUT2D eigenvalue weighted by Gasteiger charge is 2.29. The van der Waals surface area contributed by atoms with Gasteiger partial charge in [-0.3, -0.25) is 9.55 Å². The number of thioether (sulfide) groups is 1. The number of amides is 2. The van der Waals surface area contributed by atoms with E-state index >= 15 is 0 Å². The summed E-state index contributed by atoms with van der Waals surface area (Å²) in [5.74, 6) is -0.389. The first-order chi connectivity index (χ1) is 17.2. The summed E-state index contributed by atoms with van der Waals surface area (Å²) < 4.78 is 39.9. The number of hydrogen-bond donors (Lipinski definition) is 3. The Bertz CT molecular complexity index is 1400. The lowest BCUT2D eigenvalue weighted by molar-refractivity contribution is -0.0328. The molecule has 8 nitrogen and oxygen atoms in total. The minimum Gasteiger partial charge on any atom is -0.493 e. The maximum absolute atomic E-state index is 13.0. The Morgan fingerprint density at radius 2 is 1.78 bits per heavy atom. The number of pyridine rings is 1. The molecule has 0 radical (unpaired) electrons. The third-order valence-electron chi connectivity index (χ3n) is 5.06. The second-order valence-corrected chi connectivity index (χ2v) is 8.74. The van der Waals surface area contributed by atoms with Crippen molar-refractivity contribution in [1.29, 1.82) is 0 Å². The van der Waals surface area contributed by atoms with Crippen molar-refractivity contribution in [2.45, 2.75) is 23.5 Å². The molecule has 0 unspecified atom stereocenters. The summed E-state index contributed by atoms with van der Waals surface area (Å²) in [6.07, 6.45) is 4.15. The minimum atomic E-state index is -4.43. The molecule has 2 aromatic carbocycles. The second kappa shape index (κ2) is 10.6. The zero-order valence-corrected chi connectivity index (χ0v) is 19.4. The molecule has 0 spiro atoms. The Morgan fingerprint density at radius 1 is 1.06 bits per heavy atom. The van der Waals surface area contributed by atoms with Crippen LogP contribution in [0, 0.1) is 0 Å². The van der Waals surface area contributed by atoms with Crippen molar-refractivity contribution >= 4 is 23.5 Å². The molecule has 36 heavy (non-hydrogen) atoms. The number of urea groups is 1. The van der Waals surface area contributed by atoms with Crippen LogP contribution >= 0.6 is 11.8 Å². The highest BCUT2D eigenvalue weighted by molar-refractivity contribution is 8.00. The van der Waals surface area contributed by atoms with E-state index in [-0.39, 0.29) is 34.8 Å². The van der Waals surface area contributed by atoms with Gasteiger partial charge in [0.05, 0.1) is 30.3 Å². The molecule has 0 aliphatic heterocycles. The van der Waals surface area contributed by atoms with Crippen molar-refractivity contribution in [3.63, 3.8) is 0 Å². The number of nitrogens with one attached hydrogen (secondary N) is 2. The van der Waals surface area contributed by atoms with E-state index in [0.717, 1.165) is 10.1 Å². The molecule has 2 aromatic heterocycles. The number of imidazole rings is 1. The van der Waals surface area contributed by atoms with Crippen molar-refractivity contribution < 1.29 is 23.1 Å². The summed E-state index contributed by atoms with van der Waals surface area (Å²) in [7, 11) is 0. The number of alkyl halides is 3. The maximum Gasteiger partial charge on any atom is 0.446 e. The van der Waals surface area contributed by atoms with Crippen LogP contribution in [0.15, 0.2) is 88.9 Å². The molecule has 0 aliphatic carbocycles. The van der Waals surface area contributed by atoms with Gasteiger partial charge < -0.3 is 15.7 Å². The van der Waals surface area contributed by atoms with E-state index in [4.69, 9.17) is 0 Å². The van der Waals surface area contributed by atoms with E-state index in [1.165, 1.54) is 47.4 Å². The topological polar surface area (TPSA) is 101 Å². The van der Waals surface area contributed by atoms with E-state index in [0.29, 0.717) is 17.8 Å². The van der Waals surface area contributed by atoms with E-state index in [2.05, 4.69) is 15.6 Å². The maximum atomic E-state index is 13.0. The van der Waals surface area contributed by atoms with Gasteiger partial charge in [-0.2, -0.15) is 13.2 Å². The number of carbonyl (C=O) groups excluding carboxylic acids is 1. The first-order valence-electron chi connectivity index (χ1n) is 10.6. The van der Waals surface area contributed by atoms with Gasteiger partial charge in [0.1, 0.15) is 0 Å². The third kappa shape index (κ3) is 6.27. The Labute approximate surface area is 207 Å². The van der Waals surface area contributed by atoms with Crippen molar-refractivity contribution in [1.82, 2.24) is 19.4 Å². The predicted octanol–water partition coefficient (Wildman–Crippen LogP) is 4.72. The van der Waals surface area contributed by atoms with Gasteiger partial charge in [-0.25, -0.2) is 14.2 Å². The number of halogens is 3. The smallest absolute Gasteiger partial charge is 0.446 e. The summed E-state index contributed by atoms with van der Waals surface area (Å²) >= 11 is -0.272. The fourth-order valence-corrected chi connectivity index (χ4v) is 3.97. The Balaban J connectivity index is 1.49. The molecule has 0 aliphatic rings. The van der Waals surface area contributed by atoms with Crippen LogP contribution in [0.1, 0.15) is 11.1 Å². The molecular weight excluding hydrogens is 495 g/mol. The van der Waals surface area contributed by atoms with Gasteiger partial charge in [0.25, 0.3) is 0 Å². The summed E-state index contributed by atoms with van der Waals surface area (Å²) in [6.45, 7) is 0.316. The average Bonchev–Trinajstić information content (AvgIpc) is 3.12. The molecule has 186 valence electrons. The molecule has 0 bridgehead atoms. The lowest BCUT2D eigenvalue weighted by atomic mass is 10.2. The van der Waals surface area contributed by atoms with Crippen LogP contribution in [0.25, 0.3) is 5.69 Å². The molecule has 0 fully saturated rings. The number of rotatable bonds is 7. The monoisotopic (exact) mass is 515 g/mol. The first kappa shape index (κ1) is 24.9. The molecule has 3 N–H and O–H groups in total. The number of hydrogen-bond acceptors (Lipinski definition) is 5. The molecular formula is C24H20F3N5O3S. The van der Waals surface area contributed by atoms with Gasteiger partial charge in [-0.15, -0.1) is 0 Å². The quantitative estimate of drug-likeness (QED) is 0.309. The van der Waals surface area contributed by atoms with Gasteiger partial charge in [0.2, 0.25) is 5.88 Å². The van der Waals surface area contributed by atoms with E-state index < -0.39 is 17.2 Å². The van der Waals surface area contributed by atoms with Gasteiger partial charge in [-0.1, -0.05) is 30.3 Å². The standard InChI is InChI=1S/C24H20F3N5O3S/c25-24(26,27)36-19-8-6-18(7-9-19)32-21(33)15-31(23(32)35)14-17-10-11-28-13-20(17)30-22(34)29-12-16-4-2-1-3-5-16/h1-11,13,15,33H,12,14H2,(H2,29,30,34). The number of aromatic nitrogens is 3. The van der Waals surface area contributed by atoms with Crippen molar-refractivity contribution in [2.24, 2.45) is 0 Å². The normalized spacial score (nSPS) is 11.3. The number of aromatic hydroxyl groups is 1. The number of anilines is 1. The lowest BCUT2D eigenvalue weighted by Crippen LogP contribution is -2.29. The molecule has 2 heterocycles. The SMILES string of the molecule is O=C(NCc1ccccc1)Nc1cnccc1Cn1cc(O)n(-c2ccc(SC(F)(F)F)cc2)c1=O. The van der Waals surface area contributed by atoms with E-state index in [9.17, 15) is 27.9 Å². The molecule has 0 saturated heterocycles. The van der Waals surface area contributed by atoms with Gasteiger partial charge >= 0.3 is 17.2 Å². The zero-order valence-electron chi connectivity index (χ0n) is 18.6. The van der Waals surface area contributed by atoms with Crippen LogP contribution in [-0.4, -0.2) is 30.8 Å². The highest BCUT2D eigenvalue weighted by Crippen LogP contribution is 2.37. The van der Waals surface area contributed by atoms with Crippen LogP contribution in [0.4, 0.5) is 23.7 Å². The number of carbonyl (C=O) groups is 1. The lowest BCUT2D eigenvalue weighted by Gasteiger charge is -2.12. The van der Waals surface area contributed by atoms with Gasteiger partial charge in [-0.05, 0) is 53.2 Å². The first-order valence-corrected chi connectivity index (χ1v) is 11.4. The summed E-state index contributed by atoms with van der Waals surface area (Å²) in [5.41, 5.74) is -2.99. The molecule has 4 aromatic rings.